The van der Waals surface area contributed by atoms with E-state index in [2.05, 4.69) is 33.5 Å². The minimum absolute atomic E-state index is 0.100. The van der Waals surface area contributed by atoms with Crippen molar-refractivity contribution in [3.63, 3.8) is 0 Å². The fraction of sp³-hybridized carbons (Fsp3) is 0.136. The molecule has 136 valence electrons. The van der Waals surface area contributed by atoms with Crippen LogP contribution in [0.3, 0.4) is 0 Å². The molecule has 4 rings (SSSR count). The van der Waals surface area contributed by atoms with E-state index in [9.17, 15) is 4.79 Å². The number of amides is 1. The molecule has 0 aliphatic heterocycles. The van der Waals surface area contributed by atoms with Crippen molar-refractivity contribution in [2.24, 2.45) is 0 Å². The highest BCUT2D eigenvalue weighted by Gasteiger charge is 2.16. The lowest BCUT2D eigenvalue weighted by Gasteiger charge is -2.11. The molecule has 5 heteroatoms. The van der Waals surface area contributed by atoms with E-state index < -0.39 is 0 Å². The number of hydrogen-bond donors (Lipinski definition) is 1. The number of thiophene rings is 1. The van der Waals surface area contributed by atoms with Crippen LogP contribution in [0.2, 0.25) is 0 Å². The summed E-state index contributed by atoms with van der Waals surface area (Å²) in [5, 5.41) is 5.05. The summed E-state index contributed by atoms with van der Waals surface area (Å²) in [5.41, 5.74) is 3.80. The highest BCUT2D eigenvalue weighted by molar-refractivity contribution is 7.17. The Morgan fingerprint density at radius 3 is 2.59 bits per heavy atom. The molecule has 0 radical (unpaired) electrons. The highest BCUT2D eigenvalue weighted by atomic mass is 32.1. The molecule has 4 aromatic rings. The topological polar surface area (TPSA) is 43.3 Å². The monoisotopic (exact) mass is 376 g/mol. The van der Waals surface area contributed by atoms with E-state index in [1.54, 1.807) is 18.4 Å². The number of nitrogens with one attached hydrogen (secondary N) is 1. The standard InChI is InChI=1S/C22H20N2O2S/c1-26-18-9-7-17(8-10-18)23-22(25)20-15-21-19(12-14-27-21)24(20)13-11-16-5-3-2-4-6-16/h2-10,12,14-15H,11,13H2,1H3,(H,23,25). The van der Waals surface area contributed by atoms with Gasteiger partial charge in [0, 0.05) is 12.2 Å². The first-order valence-electron chi connectivity index (χ1n) is 8.80. The van der Waals surface area contributed by atoms with E-state index in [4.69, 9.17) is 4.74 Å². The fourth-order valence-corrected chi connectivity index (χ4v) is 3.98. The number of benzene rings is 2. The Hall–Kier alpha value is -3.05. The zero-order chi connectivity index (χ0) is 18.6. The smallest absolute Gasteiger partial charge is 0.272 e. The van der Waals surface area contributed by atoms with E-state index in [1.807, 2.05) is 48.5 Å². The summed E-state index contributed by atoms with van der Waals surface area (Å²) < 4.78 is 8.40. The maximum absolute atomic E-state index is 12.9. The predicted octanol–water partition coefficient (Wildman–Crippen LogP) is 5.21. The number of ether oxygens (including phenoxy) is 1. The number of carbonyl (C=O) groups excluding carboxylic acids is 1. The first-order valence-corrected chi connectivity index (χ1v) is 9.68. The molecule has 2 heterocycles. The third kappa shape index (κ3) is 3.73. The third-order valence-corrected chi connectivity index (χ3v) is 5.42. The van der Waals surface area contributed by atoms with E-state index in [-0.39, 0.29) is 5.91 Å². The number of anilines is 1. The van der Waals surface area contributed by atoms with Crippen molar-refractivity contribution in [2.45, 2.75) is 13.0 Å². The molecule has 0 unspecified atom stereocenters. The van der Waals surface area contributed by atoms with Crippen LogP contribution in [0, 0.1) is 0 Å². The number of aromatic nitrogens is 1. The van der Waals surface area contributed by atoms with E-state index in [0.717, 1.165) is 34.6 Å². The van der Waals surface area contributed by atoms with Gasteiger partial charge in [0.15, 0.2) is 0 Å². The molecule has 0 aliphatic rings. The van der Waals surface area contributed by atoms with E-state index >= 15 is 0 Å². The van der Waals surface area contributed by atoms with Crippen LogP contribution in [0.25, 0.3) is 10.2 Å². The molecule has 1 N–H and O–H groups in total. The largest absolute Gasteiger partial charge is 0.497 e. The second kappa shape index (κ2) is 7.68. The van der Waals surface area contributed by atoms with Crippen LogP contribution >= 0.6 is 11.3 Å². The highest BCUT2D eigenvalue weighted by Crippen LogP contribution is 2.26. The first kappa shape index (κ1) is 17.4. The summed E-state index contributed by atoms with van der Waals surface area (Å²) in [7, 11) is 1.62. The molecule has 0 spiro atoms. The van der Waals surface area contributed by atoms with Crippen LogP contribution < -0.4 is 10.1 Å². The molecule has 2 aromatic heterocycles. The van der Waals surface area contributed by atoms with Crippen LogP contribution in [0.4, 0.5) is 5.69 Å². The van der Waals surface area contributed by atoms with Gasteiger partial charge in [0.2, 0.25) is 0 Å². The molecule has 0 bridgehead atoms. The lowest BCUT2D eigenvalue weighted by Crippen LogP contribution is -2.17. The Morgan fingerprint density at radius 2 is 1.85 bits per heavy atom. The SMILES string of the molecule is COc1ccc(NC(=O)c2cc3sccc3n2CCc2ccccc2)cc1. The zero-order valence-electron chi connectivity index (χ0n) is 15.0. The van der Waals surface area contributed by atoms with Crippen molar-refractivity contribution in [1.29, 1.82) is 0 Å². The quantitative estimate of drug-likeness (QED) is 0.502. The molecule has 27 heavy (non-hydrogen) atoms. The van der Waals surface area contributed by atoms with Gasteiger partial charge in [-0.15, -0.1) is 11.3 Å². The Labute approximate surface area is 162 Å². The van der Waals surface area contributed by atoms with Gasteiger partial charge in [-0.2, -0.15) is 0 Å². The number of fused-ring (bicyclic) bond motifs is 1. The number of carbonyl (C=O) groups is 1. The maximum Gasteiger partial charge on any atom is 0.272 e. The normalized spacial score (nSPS) is 10.9. The molecule has 0 atom stereocenters. The molecule has 0 fully saturated rings. The third-order valence-electron chi connectivity index (χ3n) is 4.57. The Morgan fingerprint density at radius 1 is 1.07 bits per heavy atom. The van der Waals surface area contributed by atoms with Crippen molar-refractivity contribution >= 4 is 33.1 Å². The number of nitrogens with zero attached hydrogens (tertiary/aromatic N) is 1. The molecule has 4 nitrogen and oxygen atoms in total. The van der Waals surface area contributed by atoms with Gasteiger partial charge in [0.05, 0.1) is 17.3 Å². The van der Waals surface area contributed by atoms with Gasteiger partial charge >= 0.3 is 0 Å². The van der Waals surface area contributed by atoms with E-state index in [1.165, 1.54) is 5.56 Å². The van der Waals surface area contributed by atoms with Crippen LogP contribution in [-0.2, 0) is 13.0 Å². The van der Waals surface area contributed by atoms with Gasteiger partial charge < -0.3 is 14.6 Å². The number of methoxy groups -OCH3 is 1. The van der Waals surface area contributed by atoms with Crippen molar-refractivity contribution < 1.29 is 9.53 Å². The average molecular weight is 376 g/mol. The average Bonchev–Trinajstić information content (AvgIpc) is 3.29. The van der Waals surface area contributed by atoms with Crippen molar-refractivity contribution in [1.82, 2.24) is 4.57 Å². The molecule has 2 aromatic carbocycles. The minimum Gasteiger partial charge on any atom is -0.497 e. The maximum atomic E-state index is 12.9. The van der Waals surface area contributed by atoms with Gasteiger partial charge in [-0.3, -0.25) is 4.79 Å². The Kier molecular flexibility index (Phi) is 4.94. The minimum atomic E-state index is -0.100. The van der Waals surface area contributed by atoms with Crippen LogP contribution in [-0.4, -0.2) is 17.6 Å². The van der Waals surface area contributed by atoms with Gasteiger partial charge in [-0.1, -0.05) is 30.3 Å². The van der Waals surface area contributed by atoms with Gasteiger partial charge in [-0.25, -0.2) is 0 Å². The van der Waals surface area contributed by atoms with Crippen molar-refractivity contribution in [3.8, 4) is 5.75 Å². The number of hydrogen-bond acceptors (Lipinski definition) is 3. The van der Waals surface area contributed by atoms with Gasteiger partial charge in [0.1, 0.15) is 11.4 Å². The number of rotatable bonds is 6. The Balaban J connectivity index is 1.58. The molecule has 0 saturated heterocycles. The van der Waals surface area contributed by atoms with Gasteiger partial charge in [0.25, 0.3) is 5.91 Å². The summed E-state index contributed by atoms with van der Waals surface area (Å²) in [4.78, 5) is 12.9. The Bertz CT molecular complexity index is 1050. The molecule has 0 aliphatic carbocycles. The summed E-state index contributed by atoms with van der Waals surface area (Å²) in [5.74, 6) is 0.663. The fourth-order valence-electron chi connectivity index (χ4n) is 3.16. The van der Waals surface area contributed by atoms with Crippen molar-refractivity contribution in [3.05, 3.63) is 83.4 Å². The summed E-state index contributed by atoms with van der Waals surface area (Å²) in [6.07, 6.45) is 0.878. The first-order chi connectivity index (χ1) is 13.2. The van der Waals surface area contributed by atoms with E-state index in [0.29, 0.717) is 5.69 Å². The summed E-state index contributed by atoms with van der Waals surface area (Å²) in [6, 6.07) is 21.8. The van der Waals surface area contributed by atoms with Crippen LogP contribution in [0.5, 0.6) is 5.75 Å². The molecule has 0 saturated carbocycles. The molecular weight excluding hydrogens is 356 g/mol. The lowest BCUT2D eigenvalue weighted by atomic mass is 10.1. The zero-order valence-corrected chi connectivity index (χ0v) is 15.8. The lowest BCUT2D eigenvalue weighted by molar-refractivity contribution is 0.101. The number of aryl methyl sites for hydroxylation is 2. The molecule has 1 amide bonds. The second-order valence-electron chi connectivity index (χ2n) is 6.27. The summed E-state index contributed by atoms with van der Waals surface area (Å²) >= 11 is 1.66. The van der Waals surface area contributed by atoms with Crippen LogP contribution in [0.1, 0.15) is 16.1 Å². The van der Waals surface area contributed by atoms with Crippen LogP contribution in [0.15, 0.2) is 72.1 Å². The van der Waals surface area contributed by atoms with Gasteiger partial charge in [-0.05, 0) is 53.8 Å². The predicted molar refractivity (Wildman–Crippen MR) is 111 cm³/mol. The molecular formula is C22H20N2O2S. The van der Waals surface area contributed by atoms with Crippen molar-refractivity contribution in [2.75, 3.05) is 12.4 Å². The second-order valence-corrected chi connectivity index (χ2v) is 7.22. The summed E-state index contributed by atoms with van der Waals surface area (Å²) in [6.45, 7) is 0.760.